The molecule has 0 radical (unpaired) electrons. The summed E-state index contributed by atoms with van der Waals surface area (Å²) < 4.78 is 26.4. The Morgan fingerprint density at radius 1 is 1.47 bits per heavy atom. The number of carbonyl (C=O) groups is 1. The van der Waals surface area contributed by atoms with E-state index in [1.54, 1.807) is 6.92 Å². The number of nitrogens with one attached hydrogen (secondary N) is 1. The standard InChI is InChI=1S/C12H12F2N2O/c1-2-3-4-5-16-12(17)9-6-8(13)7-10(15)11(9)14/h6-7H,4-5,15H2,1H3,(H,16,17). The molecule has 1 rings (SSSR count). The maximum Gasteiger partial charge on any atom is 0.254 e. The predicted molar refractivity (Wildman–Crippen MR) is 61.2 cm³/mol. The molecule has 0 saturated heterocycles. The molecule has 3 nitrogen and oxygen atoms in total. The van der Waals surface area contributed by atoms with Gasteiger partial charge in [-0.2, -0.15) is 0 Å². The van der Waals surface area contributed by atoms with Gasteiger partial charge in [-0.3, -0.25) is 4.79 Å². The van der Waals surface area contributed by atoms with Crippen molar-refractivity contribution in [1.82, 2.24) is 5.32 Å². The minimum absolute atomic E-state index is 0.273. The zero-order valence-corrected chi connectivity index (χ0v) is 9.31. The summed E-state index contributed by atoms with van der Waals surface area (Å²) in [5.74, 6) is 3.03. The maximum atomic E-state index is 13.4. The van der Waals surface area contributed by atoms with E-state index < -0.39 is 23.1 Å². The number of anilines is 1. The van der Waals surface area contributed by atoms with Gasteiger partial charge in [0.1, 0.15) is 5.82 Å². The Morgan fingerprint density at radius 2 is 2.18 bits per heavy atom. The minimum atomic E-state index is -0.912. The molecule has 0 aliphatic carbocycles. The number of hydrogen-bond acceptors (Lipinski definition) is 2. The van der Waals surface area contributed by atoms with E-state index in [-0.39, 0.29) is 12.2 Å². The quantitative estimate of drug-likeness (QED) is 0.478. The Morgan fingerprint density at radius 3 is 2.82 bits per heavy atom. The first-order chi connectivity index (χ1) is 8.06. The monoisotopic (exact) mass is 238 g/mol. The Hall–Kier alpha value is -2.09. The van der Waals surface area contributed by atoms with Gasteiger partial charge in [-0.25, -0.2) is 8.78 Å². The molecule has 0 unspecified atom stereocenters. The van der Waals surface area contributed by atoms with Crippen LogP contribution in [0.5, 0.6) is 0 Å². The molecule has 90 valence electrons. The number of hydrogen-bond donors (Lipinski definition) is 2. The lowest BCUT2D eigenvalue weighted by Gasteiger charge is -2.06. The third-order valence-corrected chi connectivity index (χ3v) is 2.02. The molecule has 0 spiro atoms. The number of nitrogen functional groups attached to an aromatic ring is 1. The van der Waals surface area contributed by atoms with E-state index in [0.717, 1.165) is 12.1 Å². The van der Waals surface area contributed by atoms with E-state index in [9.17, 15) is 13.6 Å². The van der Waals surface area contributed by atoms with Crippen LogP contribution in [0.4, 0.5) is 14.5 Å². The van der Waals surface area contributed by atoms with E-state index in [4.69, 9.17) is 5.73 Å². The molecule has 0 fully saturated rings. The van der Waals surface area contributed by atoms with Crippen LogP contribution in [0.1, 0.15) is 23.7 Å². The first kappa shape index (κ1) is 13.0. The van der Waals surface area contributed by atoms with Gasteiger partial charge < -0.3 is 11.1 Å². The van der Waals surface area contributed by atoms with Crippen LogP contribution in [-0.2, 0) is 0 Å². The Kier molecular flexibility index (Phi) is 4.46. The molecule has 1 aromatic rings. The van der Waals surface area contributed by atoms with Crippen molar-refractivity contribution in [3.63, 3.8) is 0 Å². The number of benzene rings is 1. The molecule has 0 aliphatic heterocycles. The molecule has 0 aliphatic rings. The molecule has 0 aromatic heterocycles. The lowest BCUT2D eigenvalue weighted by Crippen LogP contribution is -2.25. The lowest BCUT2D eigenvalue weighted by molar-refractivity contribution is 0.0950. The van der Waals surface area contributed by atoms with Crippen molar-refractivity contribution in [2.45, 2.75) is 13.3 Å². The zero-order valence-electron chi connectivity index (χ0n) is 9.31. The van der Waals surface area contributed by atoms with E-state index >= 15 is 0 Å². The summed E-state index contributed by atoms with van der Waals surface area (Å²) in [6.07, 6.45) is 0.453. The van der Waals surface area contributed by atoms with E-state index in [1.807, 2.05) is 0 Å². The molecule has 0 atom stereocenters. The second kappa shape index (κ2) is 5.85. The van der Waals surface area contributed by atoms with Crippen molar-refractivity contribution >= 4 is 11.6 Å². The van der Waals surface area contributed by atoms with Crippen LogP contribution in [-0.4, -0.2) is 12.5 Å². The van der Waals surface area contributed by atoms with Crippen molar-refractivity contribution in [1.29, 1.82) is 0 Å². The van der Waals surface area contributed by atoms with Crippen LogP contribution in [0.25, 0.3) is 0 Å². The second-order valence-electron chi connectivity index (χ2n) is 3.29. The van der Waals surface area contributed by atoms with E-state index in [2.05, 4.69) is 17.2 Å². The van der Waals surface area contributed by atoms with Gasteiger partial charge in [0.05, 0.1) is 11.3 Å². The molecular weight excluding hydrogens is 226 g/mol. The Bertz CT molecular complexity index is 489. The van der Waals surface area contributed by atoms with E-state index in [1.165, 1.54) is 0 Å². The molecule has 0 bridgehead atoms. The van der Waals surface area contributed by atoms with Gasteiger partial charge in [-0.1, -0.05) is 0 Å². The number of rotatable bonds is 3. The van der Waals surface area contributed by atoms with Crippen LogP contribution in [0, 0.1) is 23.5 Å². The highest BCUT2D eigenvalue weighted by atomic mass is 19.1. The predicted octanol–water partition coefficient (Wildman–Crippen LogP) is 1.69. The normalized spacial score (nSPS) is 9.35. The number of carbonyl (C=O) groups excluding carboxylic acids is 1. The summed E-state index contributed by atoms with van der Waals surface area (Å²) in [4.78, 5) is 11.5. The fourth-order valence-electron chi connectivity index (χ4n) is 1.23. The van der Waals surface area contributed by atoms with Gasteiger partial charge in [0.2, 0.25) is 0 Å². The fourth-order valence-corrected chi connectivity index (χ4v) is 1.23. The fraction of sp³-hybridized carbons (Fsp3) is 0.250. The first-order valence-corrected chi connectivity index (χ1v) is 4.98. The van der Waals surface area contributed by atoms with Crippen molar-refractivity contribution < 1.29 is 13.6 Å². The second-order valence-corrected chi connectivity index (χ2v) is 3.29. The molecule has 0 heterocycles. The molecule has 5 heteroatoms. The average molecular weight is 238 g/mol. The highest BCUT2D eigenvalue weighted by Crippen LogP contribution is 2.17. The third kappa shape index (κ3) is 3.45. The largest absolute Gasteiger partial charge is 0.396 e. The van der Waals surface area contributed by atoms with Crippen molar-refractivity contribution in [2.75, 3.05) is 12.3 Å². The van der Waals surface area contributed by atoms with Gasteiger partial charge in [0, 0.05) is 13.0 Å². The molecule has 0 saturated carbocycles. The van der Waals surface area contributed by atoms with Crippen molar-refractivity contribution in [3.8, 4) is 11.8 Å². The highest BCUT2D eigenvalue weighted by molar-refractivity contribution is 5.95. The molecular formula is C12H12F2N2O. The third-order valence-electron chi connectivity index (χ3n) is 2.02. The van der Waals surface area contributed by atoms with Crippen LogP contribution >= 0.6 is 0 Å². The van der Waals surface area contributed by atoms with Crippen LogP contribution in [0.3, 0.4) is 0 Å². The number of nitrogens with two attached hydrogens (primary N) is 1. The SMILES string of the molecule is CC#CCCNC(=O)c1cc(F)cc(N)c1F. The Balaban J connectivity index is 2.77. The minimum Gasteiger partial charge on any atom is -0.396 e. The summed E-state index contributed by atoms with van der Waals surface area (Å²) in [6.45, 7) is 1.95. The van der Waals surface area contributed by atoms with Crippen molar-refractivity contribution in [3.05, 3.63) is 29.3 Å². The van der Waals surface area contributed by atoms with Crippen molar-refractivity contribution in [2.24, 2.45) is 0 Å². The molecule has 1 amide bonds. The summed E-state index contributed by atoms with van der Waals surface area (Å²) in [5, 5.41) is 2.43. The average Bonchev–Trinajstić information content (AvgIpc) is 2.29. The van der Waals surface area contributed by atoms with Crippen LogP contribution < -0.4 is 11.1 Å². The van der Waals surface area contributed by atoms with E-state index in [0.29, 0.717) is 6.42 Å². The van der Waals surface area contributed by atoms with Gasteiger partial charge in [0.25, 0.3) is 5.91 Å². The van der Waals surface area contributed by atoms with Gasteiger partial charge >= 0.3 is 0 Å². The number of halogens is 2. The van der Waals surface area contributed by atoms with Gasteiger partial charge in [-0.15, -0.1) is 11.8 Å². The van der Waals surface area contributed by atoms with Gasteiger partial charge in [0.15, 0.2) is 5.82 Å². The Labute approximate surface area is 98.0 Å². The molecule has 17 heavy (non-hydrogen) atoms. The number of amides is 1. The summed E-state index contributed by atoms with van der Waals surface area (Å²) >= 11 is 0. The summed E-state index contributed by atoms with van der Waals surface area (Å²) in [5.41, 5.74) is 4.44. The van der Waals surface area contributed by atoms with Crippen LogP contribution in [0.2, 0.25) is 0 Å². The maximum absolute atomic E-state index is 13.4. The summed E-state index contributed by atoms with van der Waals surface area (Å²) in [7, 11) is 0. The zero-order chi connectivity index (χ0) is 12.8. The molecule has 3 N–H and O–H groups in total. The van der Waals surface area contributed by atoms with Crippen LogP contribution in [0.15, 0.2) is 12.1 Å². The molecule has 1 aromatic carbocycles. The highest BCUT2D eigenvalue weighted by Gasteiger charge is 2.15. The summed E-state index contributed by atoms with van der Waals surface area (Å²) in [6, 6.07) is 1.64. The topological polar surface area (TPSA) is 55.1 Å². The lowest BCUT2D eigenvalue weighted by atomic mass is 10.1. The first-order valence-electron chi connectivity index (χ1n) is 4.98. The smallest absolute Gasteiger partial charge is 0.254 e. The van der Waals surface area contributed by atoms with Gasteiger partial charge in [-0.05, 0) is 19.1 Å².